The van der Waals surface area contributed by atoms with Gasteiger partial charge in [-0.3, -0.25) is 0 Å². The topological polar surface area (TPSA) is 143 Å². The van der Waals surface area contributed by atoms with Gasteiger partial charge in [0.15, 0.2) is 0 Å². The number of aliphatic hydroxyl groups excluding tert-OH is 3. The first kappa shape index (κ1) is 24.1. The molecule has 0 amide bonds. The highest BCUT2D eigenvalue weighted by Crippen LogP contribution is 2.23. The summed E-state index contributed by atoms with van der Waals surface area (Å²) >= 11 is 0. The number of phenols is 1. The molecule has 4 N–H and O–H groups in total. The first-order valence-corrected chi connectivity index (χ1v) is 10.1. The van der Waals surface area contributed by atoms with Crippen LogP contribution in [0.25, 0.3) is 12.2 Å². The molecule has 0 unspecified atom stereocenters. The van der Waals surface area contributed by atoms with Crippen molar-refractivity contribution in [1.29, 1.82) is 0 Å². The maximum absolute atomic E-state index is 12.1. The molecule has 9 heteroatoms. The molecule has 1 saturated heterocycles. The molecule has 174 valence electrons. The molecule has 1 fully saturated rings. The Kier molecular flexibility index (Phi) is 8.34. The van der Waals surface area contributed by atoms with Crippen LogP contribution in [0.4, 0.5) is 0 Å². The van der Waals surface area contributed by atoms with E-state index in [0.29, 0.717) is 5.56 Å². The lowest BCUT2D eigenvalue weighted by molar-refractivity contribution is -0.291. The van der Waals surface area contributed by atoms with Crippen LogP contribution in [0, 0.1) is 0 Å². The van der Waals surface area contributed by atoms with Crippen LogP contribution in [-0.4, -0.2) is 69.7 Å². The van der Waals surface area contributed by atoms with Crippen molar-refractivity contribution < 1.29 is 44.2 Å². The Balaban J connectivity index is 1.54. The van der Waals surface area contributed by atoms with Crippen molar-refractivity contribution in [3.8, 4) is 5.75 Å². The van der Waals surface area contributed by atoms with Gasteiger partial charge in [0.2, 0.25) is 6.29 Å². The van der Waals surface area contributed by atoms with Crippen LogP contribution in [0.5, 0.6) is 5.75 Å². The van der Waals surface area contributed by atoms with E-state index < -0.39 is 49.3 Å². The van der Waals surface area contributed by atoms with Gasteiger partial charge >= 0.3 is 11.9 Å². The minimum absolute atomic E-state index is 0.0877. The van der Waals surface area contributed by atoms with Gasteiger partial charge in [-0.05, 0) is 35.4 Å². The summed E-state index contributed by atoms with van der Waals surface area (Å²) < 4.78 is 15.4. The molecule has 2 aromatic rings. The van der Waals surface area contributed by atoms with E-state index in [9.17, 15) is 30.0 Å². The van der Waals surface area contributed by atoms with Crippen molar-refractivity contribution >= 4 is 24.1 Å². The fourth-order valence-corrected chi connectivity index (χ4v) is 3.00. The smallest absolute Gasteiger partial charge is 0.333 e. The van der Waals surface area contributed by atoms with E-state index in [2.05, 4.69) is 0 Å². The van der Waals surface area contributed by atoms with E-state index in [1.807, 2.05) is 6.07 Å². The monoisotopic (exact) mass is 456 g/mol. The average Bonchev–Trinajstić information content (AvgIpc) is 2.82. The highest BCUT2D eigenvalue weighted by molar-refractivity contribution is 5.87. The number of rotatable bonds is 7. The summed E-state index contributed by atoms with van der Waals surface area (Å²) in [6, 6.07) is 15.1. The molecule has 0 bridgehead atoms. The molecule has 1 aliphatic rings. The van der Waals surface area contributed by atoms with Crippen LogP contribution in [0.15, 0.2) is 66.7 Å². The zero-order chi connectivity index (χ0) is 23.8. The van der Waals surface area contributed by atoms with Gasteiger partial charge in [0.1, 0.15) is 36.8 Å². The van der Waals surface area contributed by atoms with E-state index >= 15 is 0 Å². The molecule has 0 saturated carbocycles. The SMILES string of the molecule is O=C(/C=C/c1ccc(O)cc1)OC[C@@H]1O[C@H](OC(=O)/C=C/c2ccccc2)[C@@H](O)[C@H](O)[C@H]1O. The Labute approximate surface area is 189 Å². The van der Waals surface area contributed by atoms with Gasteiger partial charge in [-0.25, -0.2) is 9.59 Å². The van der Waals surface area contributed by atoms with Crippen molar-refractivity contribution in [3.05, 3.63) is 77.9 Å². The van der Waals surface area contributed by atoms with Crippen molar-refractivity contribution in [2.24, 2.45) is 0 Å². The molecule has 2 aromatic carbocycles. The van der Waals surface area contributed by atoms with Crippen molar-refractivity contribution in [3.63, 3.8) is 0 Å². The minimum Gasteiger partial charge on any atom is -0.508 e. The number of carbonyl (C=O) groups is 2. The summed E-state index contributed by atoms with van der Waals surface area (Å²) in [6.45, 7) is -0.461. The number of hydrogen-bond acceptors (Lipinski definition) is 9. The van der Waals surface area contributed by atoms with E-state index in [4.69, 9.17) is 14.2 Å². The van der Waals surface area contributed by atoms with Gasteiger partial charge in [-0.2, -0.15) is 0 Å². The van der Waals surface area contributed by atoms with Crippen LogP contribution in [-0.2, 0) is 23.8 Å². The number of benzene rings is 2. The molecule has 5 atom stereocenters. The summed E-state index contributed by atoms with van der Waals surface area (Å²) in [7, 11) is 0. The first-order valence-electron chi connectivity index (χ1n) is 10.1. The third kappa shape index (κ3) is 6.99. The minimum atomic E-state index is -1.70. The Bertz CT molecular complexity index is 985. The normalized spacial score (nSPS) is 25.2. The molecule has 1 heterocycles. The summed E-state index contributed by atoms with van der Waals surface area (Å²) in [4.78, 5) is 24.0. The van der Waals surface area contributed by atoms with Crippen molar-refractivity contribution in [2.45, 2.75) is 30.7 Å². The molecule has 9 nitrogen and oxygen atoms in total. The van der Waals surface area contributed by atoms with Crippen molar-refractivity contribution in [1.82, 2.24) is 0 Å². The predicted molar refractivity (Wildman–Crippen MR) is 116 cm³/mol. The van der Waals surface area contributed by atoms with E-state index in [0.717, 1.165) is 17.7 Å². The third-order valence-corrected chi connectivity index (χ3v) is 4.81. The molecule has 0 radical (unpaired) electrons. The lowest BCUT2D eigenvalue weighted by atomic mass is 9.99. The molecular weight excluding hydrogens is 432 g/mol. The summed E-state index contributed by atoms with van der Waals surface area (Å²) in [5.41, 5.74) is 1.40. The highest BCUT2D eigenvalue weighted by atomic mass is 16.7. The number of carbonyl (C=O) groups excluding carboxylic acids is 2. The second kappa shape index (κ2) is 11.4. The van der Waals surface area contributed by atoms with Crippen LogP contribution in [0.1, 0.15) is 11.1 Å². The second-order valence-corrected chi connectivity index (χ2v) is 7.25. The third-order valence-electron chi connectivity index (χ3n) is 4.81. The van der Waals surface area contributed by atoms with Crippen LogP contribution in [0.2, 0.25) is 0 Å². The van der Waals surface area contributed by atoms with Gasteiger partial charge in [0, 0.05) is 12.2 Å². The fourth-order valence-electron chi connectivity index (χ4n) is 3.00. The number of esters is 2. The highest BCUT2D eigenvalue weighted by Gasteiger charge is 2.45. The van der Waals surface area contributed by atoms with E-state index in [-0.39, 0.29) is 5.75 Å². The van der Waals surface area contributed by atoms with Gasteiger partial charge < -0.3 is 34.6 Å². The number of phenolic OH excluding ortho intramolecular Hbond substituents is 1. The van der Waals surface area contributed by atoms with Gasteiger partial charge in [-0.15, -0.1) is 0 Å². The number of aliphatic hydroxyl groups is 3. The van der Waals surface area contributed by atoms with E-state index in [1.165, 1.54) is 24.3 Å². The summed E-state index contributed by atoms with van der Waals surface area (Å²) in [5, 5.41) is 39.6. The van der Waals surface area contributed by atoms with Crippen molar-refractivity contribution in [2.75, 3.05) is 6.61 Å². The Morgan fingerprint density at radius 1 is 0.818 bits per heavy atom. The zero-order valence-corrected chi connectivity index (χ0v) is 17.4. The Morgan fingerprint density at radius 2 is 1.42 bits per heavy atom. The summed E-state index contributed by atoms with van der Waals surface area (Å²) in [6.07, 6.45) is -2.56. The van der Waals surface area contributed by atoms with E-state index in [1.54, 1.807) is 36.4 Å². The molecule has 0 aliphatic carbocycles. The molecule has 33 heavy (non-hydrogen) atoms. The lowest BCUT2D eigenvalue weighted by Crippen LogP contribution is -2.59. The molecular formula is C24H24O9. The first-order chi connectivity index (χ1) is 15.8. The predicted octanol–water partition coefficient (Wildman–Crippen LogP) is 1.01. The number of aromatic hydroxyl groups is 1. The molecule has 0 aromatic heterocycles. The largest absolute Gasteiger partial charge is 0.508 e. The maximum Gasteiger partial charge on any atom is 0.333 e. The second-order valence-electron chi connectivity index (χ2n) is 7.25. The Hall–Kier alpha value is -3.50. The quantitative estimate of drug-likeness (QED) is 0.355. The van der Waals surface area contributed by atoms with Crippen LogP contribution < -0.4 is 0 Å². The molecule has 0 spiro atoms. The van der Waals surface area contributed by atoms with Crippen LogP contribution >= 0.6 is 0 Å². The van der Waals surface area contributed by atoms with Gasteiger partial charge in [0.25, 0.3) is 0 Å². The van der Waals surface area contributed by atoms with Gasteiger partial charge in [0.05, 0.1) is 0 Å². The molecule has 1 aliphatic heterocycles. The Morgan fingerprint density at radius 3 is 2.09 bits per heavy atom. The number of ether oxygens (including phenoxy) is 3. The zero-order valence-electron chi connectivity index (χ0n) is 17.4. The number of hydrogen-bond donors (Lipinski definition) is 4. The lowest BCUT2D eigenvalue weighted by Gasteiger charge is -2.39. The van der Waals surface area contributed by atoms with Gasteiger partial charge in [-0.1, -0.05) is 42.5 Å². The van der Waals surface area contributed by atoms with Crippen LogP contribution in [0.3, 0.4) is 0 Å². The fraction of sp³-hybridized carbons (Fsp3) is 0.250. The average molecular weight is 456 g/mol. The standard InChI is InChI=1S/C24H24O9/c25-17-10-6-16(7-11-17)8-12-19(26)31-14-18-21(28)22(29)23(30)24(32-18)33-20(27)13-9-15-4-2-1-3-5-15/h1-13,18,21-25,28-30H,14H2/b12-8+,13-9+/t18-,21-,22+,23-,24+/m0/s1. The maximum atomic E-state index is 12.1. The molecule has 3 rings (SSSR count). The summed E-state index contributed by atoms with van der Waals surface area (Å²) in [5.74, 6) is -1.50.